The van der Waals surface area contributed by atoms with Gasteiger partial charge in [0.25, 0.3) is 0 Å². The van der Waals surface area contributed by atoms with E-state index in [1.807, 2.05) is 18.6 Å². The molecule has 1 aliphatic heterocycles. The topological polar surface area (TPSA) is 91.5 Å². The van der Waals surface area contributed by atoms with E-state index >= 15 is 0 Å². The lowest BCUT2D eigenvalue weighted by molar-refractivity contribution is -0.0278. The van der Waals surface area contributed by atoms with Gasteiger partial charge in [0.15, 0.2) is 5.65 Å². The minimum atomic E-state index is 0.123. The molecule has 120 valence electrons. The molecule has 0 bridgehead atoms. The molecule has 0 amide bonds. The predicted octanol–water partition coefficient (Wildman–Crippen LogP) is 1.94. The van der Waals surface area contributed by atoms with Crippen LogP contribution < -0.4 is 5.32 Å². The number of rotatable bonds is 5. The zero-order chi connectivity index (χ0) is 15.5. The van der Waals surface area contributed by atoms with Crippen molar-refractivity contribution in [1.82, 2.24) is 30.5 Å². The zero-order valence-corrected chi connectivity index (χ0v) is 12.8. The van der Waals surface area contributed by atoms with Gasteiger partial charge >= 0.3 is 0 Å². The van der Waals surface area contributed by atoms with Crippen molar-refractivity contribution in [2.45, 2.75) is 25.5 Å². The molecule has 2 atom stereocenters. The highest BCUT2D eigenvalue weighted by Gasteiger charge is 2.27. The maximum Gasteiger partial charge on any atom is 0.156 e. The Balaban J connectivity index is 1.40. The van der Waals surface area contributed by atoms with Gasteiger partial charge in [0.2, 0.25) is 0 Å². The first-order valence-electron chi connectivity index (χ1n) is 8.00. The summed E-state index contributed by atoms with van der Waals surface area (Å²) in [5.41, 5.74) is 4.05. The average Bonchev–Trinajstić information content (AvgIpc) is 3.26. The smallest absolute Gasteiger partial charge is 0.156 e. The SMILES string of the molecule is c1cnc2c(CNC[C@@H]3CCCO[C@H]3c3cn[nH]c3)c[nH]c2n1. The molecule has 0 unspecified atom stereocenters. The molecule has 3 aromatic rings. The van der Waals surface area contributed by atoms with Crippen LogP contribution in [0.2, 0.25) is 0 Å². The highest BCUT2D eigenvalue weighted by molar-refractivity contribution is 5.74. The van der Waals surface area contributed by atoms with Gasteiger partial charge < -0.3 is 15.0 Å². The summed E-state index contributed by atoms with van der Waals surface area (Å²) in [7, 11) is 0. The van der Waals surface area contributed by atoms with E-state index in [0.717, 1.165) is 54.8 Å². The van der Waals surface area contributed by atoms with E-state index in [9.17, 15) is 0 Å². The number of nitrogens with zero attached hydrogens (tertiary/aromatic N) is 3. The van der Waals surface area contributed by atoms with Crippen LogP contribution in [0.3, 0.4) is 0 Å². The van der Waals surface area contributed by atoms with Crippen LogP contribution in [-0.4, -0.2) is 38.3 Å². The number of aromatic nitrogens is 5. The van der Waals surface area contributed by atoms with Gasteiger partial charge in [-0.3, -0.25) is 10.1 Å². The standard InChI is InChI=1S/C16H20N6O/c1-2-11(15(23-5-1)13-9-21-22-10-13)6-17-7-12-8-20-16-14(12)18-3-4-19-16/h3-4,8-11,15,17H,1-2,5-7H2,(H,19,20)(H,21,22)/t11-,15+/m0/s1. The first-order chi connectivity index (χ1) is 11.4. The largest absolute Gasteiger partial charge is 0.373 e. The molecule has 1 saturated heterocycles. The summed E-state index contributed by atoms with van der Waals surface area (Å²) in [6, 6.07) is 0. The third-order valence-corrected chi connectivity index (χ3v) is 4.40. The number of H-pyrrole nitrogens is 2. The normalized spacial score (nSPS) is 21.7. The summed E-state index contributed by atoms with van der Waals surface area (Å²) in [5, 5.41) is 10.5. The lowest BCUT2D eigenvalue weighted by Crippen LogP contribution is -2.31. The maximum atomic E-state index is 5.96. The quantitative estimate of drug-likeness (QED) is 0.669. The molecule has 1 fully saturated rings. The number of hydrogen-bond acceptors (Lipinski definition) is 5. The van der Waals surface area contributed by atoms with E-state index in [1.54, 1.807) is 12.4 Å². The molecule has 0 aliphatic carbocycles. The number of nitrogens with one attached hydrogen (secondary N) is 3. The number of fused-ring (bicyclic) bond motifs is 1. The Labute approximate surface area is 133 Å². The van der Waals surface area contributed by atoms with Gasteiger partial charge in [-0.2, -0.15) is 5.10 Å². The summed E-state index contributed by atoms with van der Waals surface area (Å²) in [5.74, 6) is 0.456. The molecule has 7 heteroatoms. The van der Waals surface area contributed by atoms with Crippen molar-refractivity contribution in [2.24, 2.45) is 5.92 Å². The third-order valence-electron chi connectivity index (χ3n) is 4.40. The summed E-state index contributed by atoms with van der Waals surface area (Å²) < 4.78 is 5.96. The van der Waals surface area contributed by atoms with Gasteiger partial charge in [-0.25, -0.2) is 4.98 Å². The lowest BCUT2D eigenvalue weighted by Gasteiger charge is -2.31. The van der Waals surface area contributed by atoms with Gasteiger partial charge in [0.05, 0.1) is 12.3 Å². The average molecular weight is 312 g/mol. The minimum absolute atomic E-state index is 0.123. The Morgan fingerprint density at radius 3 is 3.13 bits per heavy atom. The van der Waals surface area contributed by atoms with Crippen LogP contribution in [0.15, 0.2) is 31.0 Å². The lowest BCUT2D eigenvalue weighted by atomic mass is 9.91. The van der Waals surface area contributed by atoms with Gasteiger partial charge in [-0.05, 0) is 12.8 Å². The third kappa shape index (κ3) is 2.97. The molecule has 0 radical (unpaired) electrons. The Hall–Kier alpha value is -2.25. The van der Waals surface area contributed by atoms with Crippen molar-refractivity contribution in [2.75, 3.05) is 13.2 Å². The van der Waals surface area contributed by atoms with E-state index in [1.165, 1.54) is 0 Å². The number of aromatic amines is 2. The fraction of sp³-hybridized carbons (Fsp3) is 0.438. The van der Waals surface area contributed by atoms with Crippen molar-refractivity contribution in [3.05, 3.63) is 42.1 Å². The van der Waals surface area contributed by atoms with E-state index in [0.29, 0.717) is 5.92 Å². The molecule has 4 rings (SSSR count). The molecule has 3 N–H and O–H groups in total. The van der Waals surface area contributed by atoms with E-state index in [4.69, 9.17) is 4.74 Å². The van der Waals surface area contributed by atoms with Crippen molar-refractivity contribution < 1.29 is 4.74 Å². The van der Waals surface area contributed by atoms with Gasteiger partial charge in [-0.1, -0.05) is 0 Å². The van der Waals surface area contributed by atoms with Gasteiger partial charge in [0.1, 0.15) is 5.52 Å². The monoisotopic (exact) mass is 312 g/mol. The first kappa shape index (κ1) is 14.3. The van der Waals surface area contributed by atoms with Gasteiger partial charge in [-0.15, -0.1) is 0 Å². The van der Waals surface area contributed by atoms with Crippen LogP contribution in [0.4, 0.5) is 0 Å². The number of hydrogen-bond donors (Lipinski definition) is 3. The molecule has 0 spiro atoms. The Morgan fingerprint density at radius 1 is 1.26 bits per heavy atom. The second-order valence-electron chi connectivity index (χ2n) is 5.92. The van der Waals surface area contributed by atoms with Crippen LogP contribution in [0.25, 0.3) is 11.2 Å². The van der Waals surface area contributed by atoms with Crippen molar-refractivity contribution in [3.8, 4) is 0 Å². The van der Waals surface area contributed by atoms with Crippen LogP contribution >= 0.6 is 0 Å². The Morgan fingerprint density at radius 2 is 2.22 bits per heavy atom. The van der Waals surface area contributed by atoms with Crippen LogP contribution in [0, 0.1) is 5.92 Å². The second-order valence-corrected chi connectivity index (χ2v) is 5.92. The molecule has 23 heavy (non-hydrogen) atoms. The predicted molar refractivity (Wildman–Crippen MR) is 85.6 cm³/mol. The van der Waals surface area contributed by atoms with Gasteiger partial charge in [0, 0.05) is 61.5 Å². The highest BCUT2D eigenvalue weighted by Crippen LogP contribution is 2.32. The second kappa shape index (κ2) is 6.47. The highest BCUT2D eigenvalue weighted by atomic mass is 16.5. The summed E-state index contributed by atoms with van der Waals surface area (Å²) in [6.07, 6.45) is 11.6. The fourth-order valence-electron chi connectivity index (χ4n) is 3.27. The fourth-order valence-corrected chi connectivity index (χ4v) is 3.27. The molecule has 4 heterocycles. The number of ether oxygens (including phenoxy) is 1. The van der Waals surface area contributed by atoms with Crippen LogP contribution in [0.1, 0.15) is 30.1 Å². The minimum Gasteiger partial charge on any atom is -0.373 e. The molecule has 7 nitrogen and oxygen atoms in total. The summed E-state index contributed by atoms with van der Waals surface area (Å²) in [6.45, 7) is 2.50. The van der Waals surface area contributed by atoms with Crippen molar-refractivity contribution >= 4 is 11.2 Å². The Kier molecular flexibility index (Phi) is 4.04. The van der Waals surface area contributed by atoms with Crippen LogP contribution in [-0.2, 0) is 11.3 Å². The molecule has 0 aromatic carbocycles. The van der Waals surface area contributed by atoms with E-state index in [-0.39, 0.29) is 6.10 Å². The summed E-state index contributed by atoms with van der Waals surface area (Å²) >= 11 is 0. The Bertz CT molecular complexity index is 753. The van der Waals surface area contributed by atoms with E-state index < -0.39 is 0 Å². The van der Waals surface area contributed by atoms with Crippen LogP contribution in [0.5, 0.6) is 0 Å². The molecular formula is C16H20N6O. The molecule has 3 aromatic heterocycles. The van der Waals surface area contributed by atoms with Crippen molar-refractivity contribution in [3.63, 3.8) is 0 Å². The first-order valence-corrected chi connectivity index (χ1v) is 8.00. The molecular weight excluding hydrogens is 292 g/mol. The zero-order valence-electron chi connectivity index (χ0n) is 12.8. The molecule has 0 saturated carbocycles. The maximum absolute atomic E-state index is 5.96. The van der Waals surface area contributed by atoms with E-state index in [2.05, 4.69) is 30.5 Å². The molecule has 1 aliphatic rings. The summed E-state index contributed by atoms with van der Waals surface area (Å²) in [4.78, 5) is 11.8. The van der Waals surface area contributed by atoms with Crippen molar-refractivity contribution in [1.29, 1.82) is 0 Å².